The van der Waals surface area contributed by atoms with Crippen LogP contribution in [0.15, 0.2) is 23.3 Å². The molecule has 2 nitrogen and oxygen atoms in total. The highest BCUT2D eigenvalue weighted by molar-refractivity contribution is 5.39. The lowest BCUT2D eigenvalue weighted by molar-refractivity contribution is -0.0327. The van der Waals surface area contributed by atoms with Crippen molar-refractivity contribution in [3.63, 3.8) is 0 Å². The minimum atomic E-state index is -0.377. The molecule has 2 N–H and O–H groups in total. The van der Waals surface area contributed by atoms with E-state index in [2.05, 4.69) is 48.1 Å². The summed E-state index contributed by atoms with van der Waals surface area (Å²) in [4.78, 5) is 0. The SMILES string of the molecule is C=C1C2C[C@@H](O)C3=C4CC[C@H](C(C)CC[C@H](CC)C(C)C)[C@@]4(C)CCC3[C@@]2(C)CC[C@@H]1O. The highest BCUT2D eigenvalue weighted by Crippen LogP contribution is 2.66. The van der Waals surface area contributed by atoms with Gasteiger partial charge in [-0.25, -0.2) is 0 Å². The lowest BCUT2D eigenvalue weighted by Crippen LogP contribution is -2.52. The van der Waals surface area contributed by atoms with E-state index in [0.29, 0.717) is 5.92 Å². The zero-order valence-corrected chi connectivity index (χ0v) is 21.8. The van der Waals surface area contributed by atoms with Crippen molar-refractivity contribution in [1.29, 1.82) is 0 Å². The van der Waals surface area contributed by atoms with Crippen molar-refractivity contribution in [1.82, 2.24) is 0 Å². The van der Waals surface area contributed by atoms with Crippen molar-refractivity contribution in [3.8, 4) is 0 Å². The van der Waals surface area contributed by atoms with Gasteiger partial charge in [0.1, 0.15) is 0 Å². The summed E-state index contributed by atoms with van der Waals surface area (Å²) in [6.07, 6.45) is 11.0. The van der Waals surface area contributed by atoms with Gasteiger partial charge in [-0.2, -0.15) is 0 Å². The van der Waals surface area contributed by atoms with Crippen LogP contribution in [-0.4, -0.2) is 22.4 Å². The molecule has 2 heteroatoms. The Hall–Kier alpha value is -0.600. The molecule has 0 aliphatic heterocycles. The third-order valence-electron chi connectivity index (χ3n) is 11.3. The molecule has 0 amide bonds. The second-order valence-corrected chi connectivity index (χ2v) is 13.0. The number of aliphatic hydroxyl groups is 2. The number of allylic oxidation sites excluding steroid dienone is 1. The van der Waals surface area contributed by atoms with Gasteiger partial charge in [0.15, 0.2) is 0 Å². The van der Waals surface area contributed by atoms with E-state index in [1.54, 1.807) is 5.57 Å². The van der Waals surface area contributed by atoms with Crippen LogP contribution in [0.4, 0.5) is 0 Å². The standard InChI is InChI=1S/C30H50O2/c1-8-21(18(2)3)10-9-19(4)22-11-12-23-28-24(13-15-29(22,23)6)30(7)16-14-26(31)20(5)25(30)17-27(28)32/h18-19,21-22,24-27,31-32H,5,8-17H2,1-4,6-7H3/t19?,21-,22+,24?,25?,26-,27+,29+,30+/m0/s1. The summed E-state index contributed by atoms with van der Waals surface area (Å²) in [5, 5.41) is 21.9. The first-order valence-corrected chi connectivity index (χ1v) is 13.8. The summed E-state index contributed by atoms with van der Waals surface area (Å²) in [7, 11) is 0. The van der Waals surface area contributed by atoms with Gasteiger partial charge in [0.2, 0.25) is 0 Å². The second-order valence-electron chi connectivity index (χ2n) is 13.0. The second kappa shape index (κ2) is 8.88. The van der Waals surface area contributed by atoms with Crippen LogP contribution in [0.1, 0.15) is 106 Å². The van der Waals surface area contributed by atoms with Crippen LogP contribution in [0.25, 0.3) is 0 Å². The van der Waals surface area contributed by atoms with Gasteiger partial charge in [-0.15, -0.1) is 0 Å². The molecule has 0 aromatic carbocycles. The molecular weight excluding hydrogens is 392 g/mol. The Balaban J connectivity index is 1.58. The quantitative estimate of drug-likeness (QED) is 0.423. The fourth-order valence-corrected chi connectivity index (χ4v) is 9.12. The Morgan fingerprint density at radius 1 is 0.969 bits per heavy atom. The molecular formula is C30H50O2. The van der Waals surface area contributed by atoms with Gasteiger partial charge < -0.3 is 10.2 Å². The Bertz CT molecular complexity index is 750. The van der Waals surface area contributed by atoms with Crippen LogP contribution in [0.2, 0.25) is 0 Å². The Morgan fingerprint density at radius 2 is 1.69 bits per heavy atom. The van der Waals surface area contributed by atoms with Crippen molar-refractivity contribution >= 4 is 0 Å². The molecule has 0 saturated heterocycles. The summed E-state index contributed by atoms with van der Waals surface area (Å²) in [6, 6.07) is 0. The lowest BCUT2D eigenvalue weighted by atomic mass is 9.47. The average molecular weight is 443 g/mol. The van der Waals surface area contributed by atoms with Gasteiger partial charge in [-0.05, 0) is 109 Å². The Morgan fingerprint density at radius 3 is 2.34 bits per heavy atom. The largest absolute Gasteiger partial charge is 0.389 e. The highest BCUT2D eigenvalue weighted by atomic mass is 16.3. The van der Waals surface area contributed by atoms with E-state index in [4.69, 9.17) is 0 Å². The maximum atomic E-state index is 11.4. The predicted octanol–water partition coefficient (Wildman–Crippen LogP) is 7.31. The molecule has 9 atom stereocenters. The molecule has 0 aromatic rings. The summed E-state index contributed by atoms with van der Waals surface area (Å²) in [6.45, 7) is 18.9. The molecule has 0 radical (unpaired) electrons. The topological polar surface area (TPSA) is 40.5 Å². The molecule has 3 saturated carbocycles. The van der Waals surface area contributed by atoms with Crippen molar-refractivity contribution in [2.24, 2.45) is 46.3 Å². The molecule has 3 fully saturated rings. The van der Waals surface area contributed by atoms with E-state index >= 15 is 0 Å². The van der Waals surface area contributed by atoms with Gasteiger partial charge >= 0.3 is 0 Å². The van der Waals surface area contributed by atoms with Gasteiger partial charge in [0.25, 0.3) is 0 Å². The van der Waals surface area contributed by atoms with Gasteiger partial charge in [0.05, 0.1) is 12.2 Å². The fourth-order valence-electron chi connectivity index (χ4n) is 9.12. The molecule has 0 bridgehead atoms. The van der Waals surface area contributed by atoms with E-state index in [1.807, 2.05) is 0 Å². The molecule has 0 aromatic heterocycles. The highest BCUT2D eigenvalue weighted by Gasteiger charge is 2.58. The number of fused-ring (bicyclic) bond motifs is 4. The first kappa shape index (κ1) is 24.5. The van der Waals surface area contributed by atoms with Crippen LogP contribution < -0.4 is 0 Å². The smallest absolute Gasteiger partial charge is 0.0761 e. The van der Waals surface area contributed by atoms with E-state index in [9.17, 15) is 10.2 Å². The predicted molar refractivity (Wildman–Crippen MR) is 134 cm³/mol. The normalized spacial score (nSPS) is 43.7. The number of rotatable bonds is 6. The zero-order chi connectivity index (χ0) is 23.4. The van der Waals surface area contributed by atoms with Gasteiger partial charge in [-0.1, -0.05) is 66.5 Å². The molecule has 4 aliphatic rings. The maximum absolute atomic E-state index is 11.4. The molecule has 3 unspecified atom stereocenters. The molecule has 32 heavy (non-hydrogen) atoms. The zero-order valence-electron chi connectivity index (χ0n) is 21.8. The third kappa shape index (κ3) is 3.76. The molecule has 0 spiro atoms. The lowest BCUT2D eigenvalue weighted by Gasteiger charge is -2.58. The van der Waals surface area contributed by atoms with E-state index < -0.39 is 0 Å². The third-order valence-corrected chi connectivity index (χ3v) is 11.3. The first-order valence-electron chi connectivity index (χ1n) is 13.8. The number of hydrogen-bond acceptors (Lipinski definition) is 2. The van der Waals surface area contributed by atoms with Gasteiger partial charge in [0, 0.05) is 0 Å². The van der Waals surface area contributed by atoms with E-state index in [0.717, 1.165) is 48.5 Å². The van der Waals surface area contributed by atoms with E-state index in [1.165, 1.54) is 50.5 Å². The van der Waals surface area contributed by atoms with Crippen LogP contribution >= 0.6 is 0 Å². The van der Waals surface area contributed by atoms with Gasteiger partial charge in [-0.3, -0.25) is 0 Å². The number of hydrogen-bond donors (Lipinski definition) is 2. The first-order chi connectivity index (χ1) is 15.0. The molecule has 4 rings (SSSR count). The summed E-state index contributed by atoms with van der Waals surface area (Å²) >= 11 is 0. The molecule has 4 aliphatic carbocycles. The summed E-state index contributed by atoms with van der Waals surface area (Å²) < 4.78 is 0. The van der Waals surface area contributed by atoms with Crippen LogP contribution in [0, 0.1) is 46.3 Å². The summed E-state index contributed by atoms with van der Waals surface area (Å²) in [5.74, 6) is 3.90. The minimum Gasteiger partial charge on any atom is -0.389 e. The van der Waals surface area contributed by atoms with Crippen LogP contribution in [-0.2, 0) is 0 Å². The minimum absolute atomic E-state index is 0.161. The Kier molecular flexibility index (Phi) is 6.80. The van der Waals surface area contributed by atoms with Crippen molar-refractivity contribution in [2.45, 2.75) is 118 Å². The van der Waals surface area contributed by atoms with Crippen molar-refractivity contribution < 1.29 is 10.2 Å². The van der Waals surface area contributed by atoms with E-state index in [-0.39, 0.29) is 29.0 Å². The molecule has 182 valence electrons. The van der Waals surface area contributed by atoms with Crippen LogP contribution in [0.3, 0.4) is 0 Å². The van der Waals surface area contributed by atoms with Crippen LogP contribution in [0.5, 0.6) is 0 Å². The maximum Gasteiger partial charge on any atom is 0.0761 e. The average Bonchev–Trinajstić information content (AvgIpc) is 3.10. The monoisotopic (exact) mass is 442 g/mol. The van der Waals surface area contributed by atoms with Crippen molar-refractivity contribution in [2.75, 3.05) is 0 Å². The Labute approximate surface area is 198 Å². The number of aliphatic hydroxyl groups excluding tert-OH is 2. The fraction of sp³-hybridized carbons (Fsp3) is 0.867. The summed E-state index contributed by atoms with van der Waals surface area (Å²) in [5.41, 5.74) is 4.51. The van der Waals surface area contributed by atoms with Crippen molar-refractivity contribution in [3.05, 3.63) is 23.3 Å². The molecule has 0 heterocycles.